The van der Waals surface area contributed by atoms with Gasteiger partial charge in [-0.2, -0.15) is 5.10 Å². The van der Waals surface area contributed by atoms with E-state index < -0.39 is 0 Å². The highest BCUT2D eigenvalue weighted by Gasteiger charge is 2.30. The third-order valence-electron chi connectivity index (χ3n) is 5.58. The SMILES string of the molecule is Cn1nc(C(=O)N2CCC(c3ccc4c(c3)OCO4)C2)cc1-c1ccc(F)cc1. The number of aromatic nitrogens is 2. The van der Waals surface area contributed by atoms with E-state index >= 15 is 0 Å². The molecule has 0 spiro atoms. The molecule has 0 saturated carbocycles. The average Bonchev–Trinajstić information content (AvgIpc) is 3.47. The Morgan fingerprint density at radius 2 is 1.90 bits per heavy atom. The first-order chi connectivity index (χ1) is 14.1. The summed E-state index contributed by atoms with van der Waals surface area (Å²) in [6.45, 7) is 1.57. The number of rotatable bonds is 3. The van der Waals surface area contributed by atoms with Crippen molar-refractivity contribution in [1.82, 2.24) is 14.7 Å². The molecule has 3 aromatic rings. The number of halogens is 1. The molecule has 1 saturated heterocycles. The molecule has 1 unspecified atom stereocenters. The molecular formula is C22H20FN3O3. The van der Waals surface area contributed by atoms with Crippen LogP contribution >= 0.6 is 0 Å². The molecule has 1 atom stereocenters. The van der Waals surface area contributed by atoms with Crippen LogP contribution < -0.4 is 9.47 Å². The predicted octanol–water partition coefficient (Wildman–Crippen LogP) is 3.58. The number of hydrogen-bond donors (Lipinski definition) is 0. The first kappa shape index (κ1) is 17.7. The van der Waals surface area contributed by atoms with Gasteiger partial charge in [0.05, 0.1) is 5.69 Å². The van der Waals surface area contributed by atoms with Crippen LogP contribution in [-0.2, 0) is 7.05 Å². The third-order valence-corrected chi connectivity index (χ3v) is 5.58. The lowest BCUT2D eigenvalue weighted by Gasteiger charge is -2.15. The Balaban J connectivity index is 1.33. The van der Waals surface area contributed by atoms with Crippen molar-refractivity contribution in [3.63, 3.8) is 0 Å². The second kappa shape index (κ2) is 6.92. The van der Waals surface area contributed by atoms with Crippen LogP contribution in [-0.4, -0.2) is 40.5 Å². The normalized spacial score (nSPS) is 17.7. The Kier molecular flexibility index (Phi) is 4.23. The molecule has 3 heterocycles. The van der Waals surface area contributed by atoms with E-state index in [9.17, 15) is 9.18 Å². The zero-order chi connectivity index (χ0) is 20.0. The summed E-state index contributed by atoms with van der Waals surface area (Å²) < 4.78 is 25.7. The maximum absolute atomic E-state index is 13.2. The van der Waals surface area contributed by atoms with E-state index in [1.807, 2.05) is 23.1 Å². The van der Waals surface area contributed by atoms with Crippen LogP contribution in [0.4, 0.5) is 4.39 Å². The number of amides is 1. The molecule has 1 amide bonds. The fraction of sp³-hybridized carbons (Fsp3) is 0.273. The molecule has 6 nitrogen and oxygen atoms in total. The molecule has 148 valence electrons. The number of aryl methyl sites for hydroxylation is 1. The van der Waals surface area contributed by atoms with E-state index in [1.54, 1.807) is 29.9 Å². The van der Waals surface area contributed by atoms with Crippen LogP contribution in [0.2, 0.25) is 0 Å². The highest BCUT2D eigenvalue weighted by Crippen LogP contribution is 2.37. The molecule has 0 radical (unpaired) electrons. The number of carbonyl (C=O) groups is 1. The van der Waals surface area contributed by atoms with E-state index in [0.29, 0.717) is 18.8 Å². The molecule has 1 fully saturated rings. The molecule has 5 rings (SSSR count). The minimum Gasteiger partial charge on any atom is -0.454 e. The molecule has 0 bridgehead atoms. The van der Waals surface area contributed by atoms with Gasteiger partial charge in [0.25, 0.3) is 5.91 Å². The number of likely N-dealkylation sites (tertiary alicyclic amines) is 1. The standard InChI is InChI=1S/C22H20FN3O3/c1-25-19(14-2-5-17(23)6-3-14)11-18(24-25)22(27)26-9-8-16(12-26)15-4-7-20-21(10-15)29-13-28-20/h2-7,10-11,16H,8-9,12-13H2,1H3. The summed E-state index contributed by atoms with van der Waals surface area (Å²) in [4.78, 5) is 14.8. The first-order valence-electron chi connectivity index (χ1n) is 9.57. The highest BCUT2D eigenvalue weighted by atomic mass is 19.1. The molecule has 2 aliphatic rings. The van der Waals surface area contributed by atoms with Gasteiger partial charge in [-0.15, -0.1) is 0 Å². The average molecular weight is 393 g/mol. The van der Waals surface area contributed by atoms with Gasteiger partial charge in [0.2, 0.25) is 6.79 Å². The number of hydrogen-bond acceptors (Lipinski definition) is 4. The number of carbonyl (C=O) groups excluding carboxylic acids is 1. The Morgan fingerprint density at radius 3 is 2.72 bits per heavy atom. The predicted molar refractivity (Wildman–Crippen MR) is 104 cm³/mol. The van der Waals surface area contributed by atoms with Crippen molar-refractivity contribution in [3.05, 3.63) is 65.6 Å². The van der Waals surface area contributed by atoms with Crippen LogP contribution in [0.5, 0.6) is 11.5 Å². The van der Waals surface area contributed by atoms with Crippen molar-refractivity contribution < 1.29 is 18.7 Å². The summed E-state index contributed by atoms with van der Waals surface area (Å²) in [5.41, 5.74) is 3.15. The molecular weight excluding hydrogens is 373 g/mol. The minimum atomic E-state index is -0.293. The maximum Gasteiger partial charge on any atom is 0.274 e. The van der Waals surface area contributed by atoms with Crippen molar-refractivity contribution in [2.45, 2.75) is 12.3 Å². The smallest absolute Gasteiger partial charge is 0.274 e. The third kappa shape index (κ3) is 3.22. The van der Waals surface area contributed by atoms with E-state index in [1.165, 1.54) is 12.1 Å². The summed E-state index contributed by atoms with van der Waals surface area (Å²) >= 11 is 0. The summed E-state index contributed by atoms with van der Waals surface area (Å²) in [5, 5.41) is 4.39. The van der Waals surface area contributed by atoms with Crippen LogP contribution in [0.1, 0.15) is 28.4 Å². The second-order valence-electron chi connectivity index (χ2n) is 7.39. The minimum absolute atomic E-state index is 0.0859. The number of fused-ring (bicyclic) bond motifs is 1. The van der Waals surface area contributed by atoms with Gasteiger partial charge in [-0.1, -0.05) is 6.07 Å². The lowest BCUT2D eigenvalue weighted by molar-refractivity contribution is 0.0784. The Hall–Kier alpha value is -3.35. The summed E-state index contributed by atoms with van der Waals surface area (Å²) in [6, 6.07) is 13.9. The van der Waals surface area contributed by atoms with E-state index in [0.717, 1.165) is 34.7 Å². The molecule has 2 aliphatic heterocycles. The van der Waals surface area contributed by atoms with Crippen molar-refractivity contribution in [1.29, 1.82) is 0 Å². The van der Waals surface area contributed by atoms with Crippen molar-refractivity contribution in [2.75, 3.05) is 19.9 Å². The monoisotopic (exact) mass is 393 g/mol. The maximum atomic E-state index is 13.2. The number of ether oxygens (including phenoxy) is 2. The molecule has 29 heavy (non-hydrogen) atoms. The van der Waals surface area contributed by atoms with Crippen LogP contribution in [0, 0.1) is 5.82 Å². The Morgan fingerprint density at radius 1 is 1.10 bits per heavy atom. The molecule has 0 aliphatic carbocycles. The quantitative estimate of drug-likeness (QED) is 0.683. The Labute approximate surface area is 167 Å². The van der Waals surface area contributed by atoms with Gasteiger partial charge in [-0.3, -0.25) is 9.48 Å². The van der Waals surface area contributed by atoms with Crippen LogP contribution in [0.3, 0.4) is 0 Å². The fourth-order valence-electron chi connectivity index (χ4n) is 4.01. The lowest BCUT2D eigenvalue weighted by Crippen LogP contribution is -2.28. The van der Waals surface area contributed by atoms with Gasteiger partial charge >= 0.3 is 0 Å². The molecule has 2 aromatic carbocycles. The summed E-state index contributed by atoms with van der Waals surface area (Å²) in [7, 11) is 1.79. The lowest BCUT2D eigenvalue weighted by atomic mass is 9.98. The van der Waals surface area contributed by atoms with Crippen molar-refractivity contribution in [2.24, 2.45) is 7.05 Å². The fourth-order valence-corrected chi connectivity index (χ4v) is 4.01. The van der Waals surface area contributed by atoms with Gasteiger partial charge in [0, 0.05) is 26.1 Å². The number of benzene rings is 2. The molecule has 0 N–H and O–H groups in total. The van der Waals surface area contributed by atoms with E-state index in [4.69, 9.17) is 9.47 Å². The van der Waals surface area contributed by atoms with Crippen LogP contribution in [0.25, 0.3) is 11.3 Å². The van der Waals surface area contributed by atoms with Gasteiger partial charge in [0.15, 0.2) is 17.2 Å². The molecule has 7 heteroatoms. The van der Waals surface area contributed by atoms with E-state index in [2.05, 4.69) is 5.10 Å². The summed E-state index contributed by atoms with van der Waals surface area (Å²) in [5.74, 6) is 1.41. The van der Waals surface area contributed by atoms with Crippen molar-refractivity contribution >= 4 is 5.91 Å². The second-order valence-corrected chi connectivity index (χ2v) is 7.39. The van der Waals surface area contributed by atoms with E-state index in [-0.39, 0.29) is 24.4 Å². The Bertz CT molecular complexity index is 1080. The van der Waals surface area contributed by atoms with Gasteiger partial charge < -0.3 is 14.4 Å². The molecule has 1 aromatic heterocycles. The van der Waals surface area contributed by atoms with Gasteiger partial charge in [-0.25, -0.2) is 4.39 Å². The summed E-state index contributed by atoms with van der Waals surface area (Å²) in [6.07, 6.45) is 0.892. The zero-order valence-corrected chi connectivity index (χ0v) is 16.0. The largest absolute Gasteiger partial charge is 0.454 e. The van der Waals surface area contributed by atoms with Crippen molar-refractivity contribution in [3.8, 4) is 22.8 Å². The highest BCUT2D eigenvalue weighted by molar-refractivity contribution is 5.93. The van der Waals surface area contributed by atoms with Gasteiger partial charge in [-0.05, 0) is 60.0 Å². The van der Waals surface area contributed by atoms with Crippen LogP contribution in [0.15, 0.2) is 48.5 Å². The first-order valence-corrected chi connectivity index (χ1v) is 9.57. The topological polar surface area (TPSA) is 56.6 Å². The number of nitrogens with zero attached hydrogens (tertiary/aromatic N) is 3. The zero-order valence-electron chi connectivity index (χ0n) is 16.0. The van der Waals surface area contributed by atoms with Gasteiger partial charge in [0.1, 0.15) is 5.82 Å².